The molecule has 1 heterocycles. The number of carbonyl (C=O) groups excluding carboxylic acids is 2. The Bertz CT molecular complexity index is 1460. The molecule has 0 aliphatic rings. The van der Waals surface area contributed by atoms with E-state index in [2.05, 4.69) is 26.1 Å². The van der Waals surface area contributed by atoms with E-state index in [-0.39, 0.29) is 30.1 Å². The fourth-order valence-corrected chi connectivity index (χ4v) is 5.07. The number of carboxylic acid groups (broad SMARTS) is 1. The highest BCUT2D eigenvalue weighted by atomic mass is 16.4. The predicted octanol–water partition coefficient (Wildman–Crippen LogP) is 7.87. The molecule has 0 atom stereocenters. The number of benzene rings is 2. The van der Waals surface area contributed by atoms with Crippen LogP contribution in [-0.2, 0) is 30.6 Å². The van der Waals surface area contributed by atoms with Crippen LogP contribution in [0.25, 0.3) is 11.1 Å². The lowest BCUT2D eigenvalue weighted by Crippen LogP contribution is -2.44. The van der Waals surface area contributed by atoms with Crippen LogP contribution < -0.4 is 5.32 Å². The van der Waals surface area contributed by atoms with Gasteiger partial charge < -0.3 is 10.4 Å². The molecule has 0 aliphatic carbocycles. The Balaban J connectivity index is 2.28. The van der Waals surface area contributed by atoms with Crippen LogP contribution in [0.1, 0.15) is 93.8 Å². The normalized spacial score (nSPS) is 11.7. The van der Waals surface area contributed by atoms with Gasteiger partial charge in [-0.1, -0.05) is 69.7 Å². The zero-order chi connectivity index (χ0) is 31.4. The average molecular weight is 572 g/mol. The quantitative estimate of drug-likeness (QED) is 0.255. The Morgan fingerprint density at radius 2 is 1.57 bits per heavy atom. The third-order valence-electron chi connectivity index (χ3n) is 7.19. The van der Waals surface area contributed by atoms with Gasteiger partial charge in [-0.25, -0.2) is 4.79 Å². The maximum atomic E-state index is 13.6. The van der Waals surface area contributed by atoms with Crippen molar-refractivity contribution >= 4 is 23.5 Å². The summed E-state index contributed by atoms with van der Waals surface area (Å²) in [5.41, 5.74) is 6.48. The summed E-state index contributed by atoms with van der Waals surface area (Å²) in [7, 11) is 0. The second-order valence-corrected chi connectivity index (χ2v) is 13.2. The first kappa shape index (κ1) is 32.5. The molecule has 3 aromatic rings. The Kier molecular flexibility index (Phi) is 9.98. The maximum absolute atomic E-state index is 13.6. The lowest BCUT2D eigenvalue weighted by Gasteiger charge is -2.35. The van der Waals surface area contributed by atoms with Gasteiger partial charge in [-0.3, -0.25) is 19.5 Å². The number of aromatic nitrogens is 1. The maximum Gasteiger partial charge on any atom is 0.408 e. The van der Waals surface area contributed by atoms with E-state index >= 15 is 0 Å². The lowest BCUT2D eigenvalue weighted by molar-refractivity contribution is -0.115. The first-order valence-corrected chi connectivity index (χ1v) is 14.5. The smallest absolute Gasteiger partial charge is 0.408 e. The Hall–Kier alpha value is -4.00. The highest BCUT2D eigenvalue weighted by Gasteiger charge is 2.31. The number of aryl methyl sites for hydroxylation is 2. The van der Waals surface area contributed by atoms with Crippen LogP contribution in [0, 0.1) is 12.3 Å². The molecule has 1 aromatic heterocycles. The summed E-state index contributed by atoms with van der Waals surface area (Å²) in [5.74, 6) is -0.313. The van der Waals surface area contributed by atoms with Crippen molar-refractivity contribution in [2.75, 3.05) is 5.32 Å². The van der Waals surface area contributed by atoms with E-state index in [0.717, 1.165) is 39.2 Å². The first-order chi connectivity index (χ1) is 19.5. The minimum Gasteiger partial charge on any atom is -0.465 e. The minimum atomic E-state index is -1.01. The second kappa shape index (κ2) is 12.9. The van der Waals surface area contributed by atoms with E-state index in [1.165, 1.54) is 11.8 Å². The summed E-state index contributed by atoms with van der Waals surface area (Å²) in [6.07, 6.45) is 0.300. The van der Waals surface area contributed by atoms with Crippen molar-refractivity contribution in [1.82, 2.24) is 9.88 Å². The first-order valence-electron chi connectivity index (χ1n) is 14.5. The molecular weight excluding hydrogens is 526 g/mol. The van der Waals surface area contributed by atoms with Crippen molar-refractivity contribution in [1.29, 1.82) is 0 Å². The van der Waals surface area contributed by atoms with Gasteiger partial charge in [-0.05, 0) is 81.7 Å². The van der Waals surface area contributed by atoms with E-state index in [4.69, 9.17) is 4.98 Å². The molecule has 0 aliphatic heterocycles. The molecule has 42 heavy (non-hydrogen) atoms. The van der Waals surface area contributed by atoms with Crippen molar-refractivity contribution in [2.24, 2.45) is 5.41 Å². The Morgan fingerprint density at radius 1 is 0.929 bits per heavy atom. The molecule has 2 amide bonds. The fourth-order valence-electron chi connectivity index (χ4n) is 5.07. The summed E-state index contributed by atoms with van der Waals surface area (Å²) < 4.78 is 0. The summed E-state index contributed by atoms with van der Waals surface area (Å²) in [6.45, 7) is 17.8. The number of rotatable bonds is 9. The number of nitrogens with zero attached hydrogens (tertiary/aromatic N) is 2. The highest BCUT2D eigenvalue weighted by Crippen LogP contribution is 2.37. The number of hydrogen-bond acceptors (Lipinski definition) is 4. The predicted molar refractivity (Wildman–Crippen MR) is 169 cm³/mol. The van der Waals surface area contributed by atoms with Gasteiger partial charge in [0.1, 0.15) is 0 Å². The number of ketones is 1. The minimum absolute atomic E-state index is 0.0507. The van der Waals surface area contributed by atoms with Gasteiger partial charge in [0.15, 0.2) is 5.78 Å². The second-order valence-electron chi connectivity index (χ2n) is 13.2. The molecule has 0 radical (unpaired) electrons. The van der Waals surface area contributed by atoms with Crippen LogP contribution in [0.4, 0.5) is 10.5 Å². The van der Waals surface area contributed by atoms with E-state index in [9.17, 15) is 19.5 Å². The van der Waals surface area contributed by atoms with Gasteiger partial charge in [-0.2, -0.15) is 0 Å². The Morgan fingerprint density at radius 3 is 2.10 bits per heavy atom. The number of nitrogens with one attached hydrogen (secondary N) is 1. The molecule has 3 rings (SSSR count). The topological polar surface area (TPSA) is 99.6 Å². The van der Waals surface area contributed by atoms with Gasteiger partial charge in [-0.15, -0.1) is 0 Å². The van der Waals surface area contributed by atoms with Crippen LogP contribution in [0.2, 0.25) is 0 Å². The number of amides is 2. The van der Waals surface area contributed by atoms with E-state index in [1.54, 1.807) is 24.3 Å². The number of anilines is 1. The average Bonchev–Trinajstić information content (AvgIpc) is 2.87. The number of carbonyl (C=O) groups is 3. The van der Waals surface area contributed by atoms with E-state index in [0.29, 0.717) is 24.1 Å². The number of hydrogen-bond donors (Lipinski definition) is 2. The third-order valence-corrected chi connectivity index (χ3v) is 7.19. The van der Waals surface area contributed by atoms with E-state index < -0.39 is 11.6 Å². The summed E-state index contributed by atoms with van der Waals surface area (Å²) in [6, 6.07) is 15.0. The number of pyridine rings is 1. The molecule has 0 fully saturated rings. The lowest BCUT2D eigenvalue weighted by atomic mass is 9.83. The molecule has 2 aromatic carbocycles. The van der Waals surface area contributed by atoms with Crippen LogP contribution in [-0.4, -0.2) is 38.3 Å². The standard InChI is InChI=1S/C35H45N3O4/c1-10-29-27(19-31(40)36-26-13-11-12-25(18-26)23(3)39)32(24-16-14-22(2)15-17-24)28(30(37-29)20-34(4,5)6)21-38(33(41)42)35(7,8)9/h11-18H,10,19-21H2,1-9H3,(H,36,40)(H,41,42). The highest BCUT2D eigenvalue weighted by molar-refractivity contribution is 5.98. The number of Topliss-reactive ketones (excluding diaryl/α,β-unsaturated/α-hetero) is 1. The summed E-state index contributed by atoms with van der Waals surface area (Å²) in [5, 5.41) is 13.2. The summed E-state index contributed by atoms with van der Waals surface area (Å²) in [4.78, 5) is 44.5. The zero-order valence-corrected chi connectivity index (χ0v) is 26.5. The molecule has 0 saturated heterocycles. The molecule has 0 unspecified atom stereocenters. The van der Waals surface area contributed by atoms with Crippen molar-refractivity contribution in [2.45, 2.75) is 93.7 Å². The van der Waals surface area contributed by atoms with Crippen LogP contribution in [0.5, 0.6) is 0 Å². The van der Waals surface area contributed by atoms with Gasteiger partial charge >= 0.3 is 6.09 Å². The monoisotopic (exact) mass is 571 g/mol. The molecule has 2 N–H and O–H groups in total. The van der Waals surface area contributed by atoms with Crippen LogP contribution in [0.15, 0.2) is 48.5 Å². The molecular formula is C35H45N3O4. The molecule has 0 bridgehead atoms. The largest absolute Gasteiger partial charge is 0.465 e. The van der Waals surface area contributed by atoms with Gasteiger partial charge in [0.05, 0.1) is 13.0 Å². The molecule has 0 spiro atoms. The fraction of sp³-hybridized carbons (Fsp3) is 0.429. The SMILES string of the molecule is CCc1nc(CC(C)(C)C)c(CN(C(=O)O)C(C)(C)C)c(-c2ccc(C)cc2)c1CC(=O)Nc1cccc(C(C)=O)c1. The van der Waals surface area contributed by atoms with Crippen molar-refractivity contribution < 1.29 is 19.5 Å². The zero-order valence-electron chi connectivity index (χ0n) is 26.5. The molecule has 224 valence electrons. The van der Waals surface area contributed by atoms with Gasteiger partial charge in [0.25, 0.3) is 0 Å². The summed E-state index contributed by atoms with van der Waals surface area (Å²) >= 11 is 0. The third kappa shape index (κ3) is 8.28. The van der Waals surface area contributed by atoms with Crippen LogP contribution >= 0.6 is 0 Å². The van der Waals surface area contributed by atoms with Crippen LogP contribution in [0.3, 0.4) is 0 Å². The van der Waals surface area contributed by atoms with Gasteiger partial charge in [0.2, 0.25) is 5.91 Å². The van der Waals surface area contributed by atoms with Crippen molar-refractivity contribution in [3.63, 3.8) is 0 Å². The molecule has 0 saturated carbocycles. The van der Waals surface area contributed by atoms with Crippen molar-refractivity contribution in [3.8, 4) is 11.1 Å². The molecule has 7 heteroatoms. The van der Waals surface area contributed by atoms with E-state index in [1.807, 2.05) is 58.9 Å². The van der Waals surface area contributed by atoms with Gasteiger partial charge in [0, 0.05) is 33.7 Å². The molecule has 7 nitrogen and oxygen atoms in total. The Labute approximate surface area is 250 Å². The van der Waals surface area contributed by atoms with Crippen molar-refractivity contribution in [3.05, 3.63) is 82.2 Å².